The van der Waals surface area contributed by atoms with Crippen LogP contribution < -0.4 is 10.6 Å². The average molecular weight is 239 g/mol. The number of amides is 1. The molecule has 2 heterocycles. The Morgan fingerprint density at radius 1 is 1.35 bits per heavy atom. The summed E-state index contributed by atoms with van der Waals surface area (Å²) >= 11 is 0. The maximum absolute atomic E-state index is 11.2. The van der Waals surface area contributed by atoms with Crippen molar-refractivity contribution in [3.8, 4) is 0 Å². The Balaban J connectivity index is 1.73. The largest absolute Gasteiger partial charge is 0.352 e. The summed E-state index contributed by atoms with van der Waals surface area (Å²) in [6.45, 7) is 7.85. The van der Waals surface area contributed by atoms with Gasteiger partial charge in [0.1, 0.15) is 0 Å². The summed E-state index contributed by atoms with van der Waals surface area (Å²) in [5, 5.41) is 6.53. The molecule has 0 aliphatic carbocycles. The zero-order chi connectivity index (χ0) is 12.1. The highest BCUT2D eigenvalue weighted by Crippen LogP contribution is 2.14. The van der Waals surface area contributed by atoms with Crippen LogP contribution in [-0.4, -0.2) is 49.6 Å². The van der Waals surface area contributed by atoms with Crippen molar-refractivity contribution in [2.45, 2.75) is 38.6 Å². The highest BCUT2D eigenvalue weighted by Gasteiger charge is 2.24. The standard InChI is InChI=1S/C13H25N3O/c1-2-16(9-11-4-3-7-14-8-11)10-12-5-6-13(17)15-12/h11-12,14H,2-10H2,1H3,(H,15,17). The number of nitrogens with zero attached hydrogens (tertiary/aromatic N) is 1. The van der Waals surface area contributed by atoms with E-state index in [0.717, 1.165) is 32.0 Å². The van der Waals surface area contributed by atoms with Crippen molar-refractivity contribution in [1.82, 2.24) is 15.5 Å². The zero-order valence-corrected chi connectivity index (χ0v) is 10.9. The lowest BCUT2D eigenvalue weighted by Crippen LogP contribution is -2.43. The van der Waals surface area contributed by atoms with Gasteiger partial charge in [0.05, 0.1) is 0 Å². The van der Waals surface area contributed by atoms with Crippen LogP contribution in [0.2, 0.25) is 0 Å². The zero-order valence-electron chi connectivity index (χ0n) is 10.9. The smallest absolute Gasteiger partial charge is 0.220 e. The number of carbonyl (C=O) groups excluding carboxylic acids is 1. The fourth-order valence-electron chi connectivity index (χ4n) is 2.90. The number of piperidine rings is 1. The molecule has 2 unspecified atom stereocenters. The molecule has 2 atom stereocenters. The molecule has 2 aliphatic heterocycles. The summed E-state index contributed by atoms with van der Waals surface area (Å²) in [7, 11) is 0. The van der Waals surface area contributed by atoms with E-state index < -0.39 is 0 Å². The molecule has 1 amide bonds. The molecule has 0 saturated carbocycles. The van der Waals surface area contributed by atoms with Gasteiger partial charge >= 0.3 is 0 Å². The third-order valence-corrected chi connectivity index (χ3v) is 3.93. The number of nitrogens with one attached hydrogen (secondary N) is 2. The second-order valence-corrected chi connectivity index (χ2v) is 5.37. The Morgan fingerprint density at radius 3 is 2.82 bits per heavy atom. The Morgan fingerprint density at radius 2 is 2.24 bits per heavy atom. The molecule has 2 saturated heterocycles. The van der Waals surface area contributed by atoms with E-state index in [2.05, 4.69) is 22.5 Å². The maximum Gasteiger partial charge on any atom is 0.220 e. The average Bonchev–Trinajstić information content (AvgIpc) is 2.75. The van der Waals surface area contributed by atoms with Crippen LogP contribution in [0, 0.1) is 5.92 Å². The molecule has 0 spiro atoms. The quantitative estimate of drug-likeness (QED) is 0.738. The van der Waals surface area contributed by atoms with Crippen LogP contribution in [0.1, 0.15) is 32.6 Å². The van der Waals surface area contributed by atoms with Gasteiger partial charge < -0.3 is 15.5 Å². The summed E-state index contributed by atoms with van der Waals surface area (Å²) in [4.78, 5) is 13.7. The predicted molar refractivity (Wildman–Crippen MR) is 68.9 cm³/mol. The fourth-order valence-corrected chi connectivity index (χ4v) is 2.90. The Hall–Kier alpha value is -0.610. The molecular formula is C13H25N3O. The van der Waals surface area contributed by atoms with Gasteiger partial charge in [-0.15, -0.1) is 0 Å². The molecule has 2 N–H and O–H groups in total. The van der Waals surface area contributed by atoms with Gasteiger partial charge in [-0.25, -0.2) is 0 Å². The first-order chi connectivity index (χ1) is 8.28. The number of hydrogen-bond acceptors (Lipinski definition) is 3. The third-order valence-electron chi connectivity index (χ3n) is 3.93. The Labute approximate surface area is 104 Å². The van der Waals surface area contributed by atoms with Gasteiger partial charge in [-0.3, -0.25) is 4.79 Å². The van der Waals surface area contributed by atoms with Crippen molar-refractivity contribution >= 4 is 5.91 Å². The highest BCUT2D eigenvalue weighted by molar-refractivity contribution is 5.78. The molecule has 17 heavy (non-hydrogen) atoms. The molecule has 0 aromatic carbocycles. The molecule has 0 aromatic rings. The molecule has 0 radical (unpaired) electrons. The van der Waals surface area contributed by atoms with Crippen LogP contribution >= 0.6 is 0 Å². The van der Waals surface area contributed by atoms with Crippen LogP contribution in [0.4, 0.5) is 0 Å². The number of rotatable bonds is 5. The number of hydrogen-bond donors (Lipinski definition) is 2. The minimum absolute atomic E-state index is 0.227. The molecular weight excluding hydrogens is 214 g/mol. The van der Waals surface area contributed by atoms with E-state index in [-0.39, 0.29) is 5.91 Å². The van der Waals surface area contributed by atoms with E-state index in [0.29, 0.717) is 12.5 Å². The number of carbonyl (C=O) groups is 1. The van der Waals surface area contributed by atoms with Gasteiger partial charge in [-0.1, -0.05) is 6.92 Å². The maximum atomic E-state index is 11.2. The van der Waals surface area contributed by atoms with E-state index in [1.807, 2.05) is 0 Å². The second-order valence-electron chi connectivity index (χ2n) is 5.37. The van der Waals surface area contributed by atoms with Crippen LogP contribution in [0.5, 0.6) is 0 Å². The van der Waals surface area contributed by atoms with E-state index in [1.54, 1.807) is 0 Å². The molecule has 2 rings (SSSR count). The van der Waals surface area contributed by atoms with Gasteiger partial charge in [0.2, 0.25) is 5.91 Å². The summed E-state index contributed by atoms with van der Waals surface area (Å²) in [5.74, 6) is 1.02. The second kappa shape index (κ2) is 6.36. The van der Waals surface area contributed by atoms with Gasteiger partial charge in [-0.05, 0) is 44.8 Å². The topological polar surface area (TPSA) is 44.4 Å². The fraction of sp³-hybridized carbons (Fsp3) is 0.923. The summed E-state index contributed by atoms with van der Waals surface area (Å²) in [6, 6.07) is 0.388. The molecule has 0 bridgehead atoms. The Bertz CT molecular complexity index is 251. The van der Waals surface area contributed by atoms with Gasteiger partial charge in [-0.2, -0.15) is 0 Å². The highest BCUT2D eigenvalue weighted by atomic mass is 16.1. The van der Waals surface area contributed by atoms with Crippen molar-refractivity contribution in [1.29, 1.82) is 0 Å². The lowest BCUT2D eigenvalue weighted by molar-refractivity contribution is -0.119. The first-order valence-corrected chi connectivity index (χ1v) is 7.00. The van der Waals surface area contributed by atoms with E-state index in [9.17, 15) is 4.79 Å². The lowest BCUT2D eigenvalue weighted by Gasteiger charge is -2.30. The van der Waals surface area contributed by atoms with Crippen LogP contribution in [0.15, 0.2) is 0 Å². The minimum atomic E-state index is 0.227. The molecule has 4 heteroatoms. The van der Waals surface area contributed by atoms with E-state index in [1.165, 1.54) is 25.9 Å². The first-order valence-electron chi connectivity index (χ1n) is 7.00. The molecule has 98 valence electrons. The molecule has 0 aromatic heterocycles. The van der Waals surface area contributed by atoms with E-state index >= 15 is 0 Å². The van der Waals surface area contributed by atoms with Gasteiger partial charge in [0.25, 0.3) is 0 Å². The van der Waals surface area contributed by atoms with Crippen molar-refractivity contribution < 1.29 is 4.79 Å². The number of likely N-dealkylation sites (N-methyl/N-ethyl adjacent to an activating group) is 1. The van der Waals surface area contributed by atoms with Gasteiger partial charge in [0, 0.05) is 25.6 Å². The molecule has 2 fully saturated rings. The van der Waals surface area contributed by atoms with Crippen molar-refractivity contribution in [3.63, 3.8) is 0 Å². The van der Waals surface area contributed by atoms with Gasteiger partial charge in [0.15, 0.2) is 0 Å². The van der Waals surface area contributed by atoms with Crippen LogP contribution in [-0.2, 0) is 4.79 Å². The monoisotopic (exact) mass is 239 g/mol. The van der Waals surface area contributed by atoms with Crippen LogP contribution in [0.3, 0.4) is 0 Å². The SMILES string of the molecule is CCN(CC1CCCNC1)CC1CCC(=O)N1. The minimum Gasteiger partial charge on any atom is -0.352 e. The van der Waals surface area contributed by atoms with Crippen molar-refractivity contribution in [2.75, 3.05) is 32.7 Å². The first kappa shape index (κ1) is 12.8. The van der Waals surface area contributed by atoms with E-state index in [4.69, 9.17) is 0 Å². The van der Waals surface area contributed by atoms with Crippen molar-refractivity contribution in [2.24, 2.45) is 5.92 Å². The third kappa shape index (κ3) is 3.96. The summed E-state index contributed by atoms with van der Waals surface area (Å²) in [6.07, 6.45) is 4.38. The van der Waals surface area contributed by atoms with Crippen LogP contribution in [0.25, 0.3) is 0 Å². The molecule has 4 nitrogen and oxygen atoms in total. The normalized spacial score (nSPS) is 29.6. The lowest BCUT2D eigenvalue weighted by atomic mass is 9.99. The predicted octanol–water partition coefficient (Wildman–Crippen LogP) is 0.587. The summed E-state index contributed by atoms with van der Waals surface area (Å²) in [5.41, 5.74) is 0. The molecule has 2 aliphatic rings. The summed E-state index contributed by atoms with van der Waals surface area (Å²) < 4.78 is 0. The van der Waals surface area contributed by atoms with Crippen molar-refractivity contribution in [3.05, 3.63) is 0 Å². The Kier molecular flexibility index (Phi) is 4.80.